The predicted octanol–water partition coefficient (Wildman–Crippen LogP) is 2.54. The summed E-state index contributed by atoms with van der Waals surface area (Å²) in [6.07, 6.45) is 3.76. The molecule has 0 fully saturated rings. The molecule has 0 aliphatic rings. The highest BCUT2D eigenvalue weighted by atomic mass is 16.1. The standard InChI is InChI=1S/C15H14N4O/c1-10(20)17-13-5-2-11(3-6-13)14-9-19-8-12(16)4-7-15(19)18-14/h2-9H,16H2,1H3,(H,17,20). The molecule has 1 amide bonds. The molecule has 0 spiro atoms. The number of imidazole rings is 1. The van der Waals surface area contributed by atoms with Crippen molar-refractivity contribution in [3.8, 4) is 11.3 Å². The third-order valence-electron chi connectivity index (χ3n) is 2.97. The zero-order valence-electron chi connectivity index (χ0n) is 11.0. The van der Waals surface area contributed by atoms with Crippen molar-refractivity contribution >= 4 is 22.9 Å². The van der Waals surface area contributed by atoms with Crippen molar-refractivity contribution in [1.82, 2.24) is 9.38 Å². The zero-order valence-corrected chi connectivity index (χ0v) is 11.0. The second-order valence-electron chi connectivity index (χ2n) is 4.61. The van der Waals surface area contributed by atoms with Crippen LogP contribution in [0.5, 0.6) is 0 Å². The van der Waals surface area contributed by atoms with Crippen LogP contribution < -0.4 is 11.1 Å². The number of pyridine rings is 1. The molecule has 0 atom stereocenters. The van der Waals surface area contributed by atoms with Crippen LogP contribution in [0.2, 0.25) is 0 Å². The van der Waals surface area contributed by atoms with Crippen molar-refractivity contribution in [3.63, 3.8) is 0 Å². The van der Waals surface area contributed by atoms with Gasteiger partial charge in [0.1, 0.15) is 5.65 Å². The van der Waals surface area contributed by atoms with E-state index in [0.29, 0.717) is 5.69 Å². The van der Waals surface area contributed by atoms with E-state index in [1.54, 1.807) is 0 Å². The van der Waals surface area contributed by atoms with Crippen LogP contribution in [0, 0.1) is 0 Å². The summed E-state index contributed by atoms with van der Waals surface area (Å²) >= 11 is 0. The van der Waals surface area contributed by atoms with Gasteiger partial charge in [-0.3, -0.25) is 4.79 Å². The number of amides is 1. The highest BCUT2D eigenvalue weighted by Gasteiger charge is 2.05. The Labute approximate surface area is 116 Å². The van der Waals surface area contributed by atoms with Crippen molar-refractivity contribution < 1.29 is 4.79 Å². The smallest absolute Gasteiger partial charge is 0.221 e. The molecule has 3 rings (SSSR count). The fourth-order valence-corrected chi connectivity index (χ4v) is 2.08. The average Bonchev–Trinajstić information content (AvgIpc) is 2.81. The number of aromatic nitrogens is 2. The molecule has 3 N–H and O–H groups in total. The summed E-state index contributed by atoms with van der Waals surface area (Å²) in [4.78, 5) is 15.5. The van der Waals surface area contributed by atoms with Crippen molar-refractivity contribution in [2.45, 2.75) is 6.92 Å². The largest absolute Gasteiger partial charge is 0.398 e. The van der Waals surface area contributed by atoms with E-state index in [1.807, 2.05) is 53.2 Å². The maximum atomic E-state index is 11.0. The summed E-state index contributed by atoms with van der Waals surface area (Å²) in [5, 5.41) is 2.74. The normalized spacial score (nSPS) is 10.7. The van der Waals surface area contributed by atoms with E-state index < -0.39 is 0 Å². The molecular formula is C15H14N4O. The summed E-state index contributed by atoms with van der Waals surface area (Å²) in [6.45, 7) is 1.49. The molecule has 2 heterocycles. The fourth-order valence-electron chi connectivity index (χ4n) is 2.08. The monoisotopic (exact) mass is 266 g/mol. The Morgan fingerprint density at radius 2 is 1.90 bits per heavy atom. The molecule has 0 radical (unpaired) electrons. The van der Waals surface area contributed by atoms with E-state index in [4.69, 9.17) is 5.73 Å². The van der Waals surface area contributed by atoms with E-state index >= 15 is 0 Å². The lowest BCUT2D eigenvalue weighted by Gasteiger charge is -2.02. The maximum absolute atomic E-state index is 11.0. The van der Waals surface area contributed by atoms with E-state index in [0.717, 1.165) is 22.6 Å². The van der Waals surface area contributed by atoms with Gasteiger partial charge in [0.2, 0.25) is 5.91 Å². The highest BCUT2D eigenvalue weighted by Crippen LogP contribution is 2.21. The number of rotatable bonds is 2. The molecule has 5 heteroatoms. The molecule has 0 saturated heterocycles. The number of nitrogens with zero attached hydrogens (tertiary/aromatic N) is 2. The van der Waals surface area contributed by atoms with Crippen LogP contribution in [-0.2, 0) is 4.79 Å². The number of nitrogens with one attached hydrogen (secondary N) is 1. The molecule has 3 aromatic rings. The minimum absolute atomic E-state index is 0.0824. The van der Waals surface area contributed by atoms with Gasteiger partial charge in [0.15, 0.2) is 0 Å². The number of hydrogen-bond acceptors (Lipinski definition) is 3. The van der Waals surface area contributed by atoms with Gasteiger partial charge in [-0.25, -0.2) is 4.98 Å². The van der Waals surface area contributed by atoms with Gasteiger partial charge in [-0.1, -0.05) is 12.1 Å². The molecule has 5 nitrogen and oxygen atoms in total. The van der Waals surface area contributed by atoms with Gasteiger partial charge in [-0.2, -0.15) is 0 Å². The number of carbonyl (C=O) groups is 1. The molecule has 0 bridgehead atoms. The van der Waals surface area contributed by atoms with Crippen molar-refractivity contribution in [3.05, 3.63) is 48.8 Å². The van der Waals surface area contributed by atoms with Crippen LogP contribution in [0.4, 0.5) is 11.4 Å². The first-order valence-electron chi connectivity index (χ1n) is 6.24. The van der Waals surface area contributed by atoms with Gasteiger partial charge in [-0.05, 0) is 24.3 Å². The predicted molar refractivity (Wildman–Crippen MR) is 79.3 cm³/mol. The lowest BCUT2D eigenvalue weighted by atomic mass is 10.1. The lowest BCUT2D eigenvalue weighted by molar-refractivity contribution is -0.114. The second-order valence-corrected chi connectivity index (χ2v) is 4.61. The average molecular weight is 266 g/mol. The summed E-state index contributed by atoms with van der Waals surface area (Å²) in [7, 11) is 0. The third kappa shape index (κ3) is 2.33. The Kier molecular flexibility index (Phi) is 2.87. The molecular weight excluding hydrogens is 252 g/mol. The van der Waals surface area contributed by atoms with Crippen molar-refractivity contribution in [2.24, 2.45) is 0 Å². The number of hydrogen-bond donors (Lipinski definition) is 2. The number of fused-ring (bicyclic) bond motifs is 1. The van der Waals surface area contributed by atoms with Crippen LogP contribution >= 0.6 is 0 Å². The summed E-state index contributed by atoms with van der Waals surface area (Å²) in [5.74, 6) is -0.0824. The Balaban J connectivity index is 1.96. The molecule has 100 valence electrons. The SMILES string of the molecule is CC(=O)Nc1ccc(-c2cn3cc(N)ccc3n2)cc1. The van der Waals surface area contributed by atoms with Gasteiger partial charge in [0.05, 0.1) is 5.69 Å². The molecule has 20 heavy (non-hydrogen) atoms. The quantitative estimate of drug-likeness (QED) is 0.748. The Morgan fingerprint density at radius 3 is 2.60 bits per heavy atom. The van der Waals surface area contributed by atoms with E-state index in [1.165, 1.54) is 6.92 Å². The second kappa shape index (κ2) is 4.70. The van der Waals surface area contributed by atoms with E-state index in [9.17, 15) is 4.79 Å². The van der Waals surface area contributed by atoms with Gasteiger partial charge >= 0.3 is 0 Å². The molecule has 1 aromatic carbocycles. The van der Waals surface area contributed by atoms with E-state index in [2.05, 4.69) is 10.3 Å². The Bertz CT molecular complexity index is 774. The molecule has 2 aromatic heterocycles. The van der Waals surface area contributed by atoms with Gasteiger partial charge < -0.3 is 15.5 Å². The number of anilines is 2. The first kappa shape index (κ1) is 12.2. The zero-order chi connectivity index (χ0) is 14.1. The Morgan fingerprint density at radius 1 is 1.15 bits per heavy atom. The minimum Gasteiger partial charge on any atom is -0.398 e. The summed E-state index contributed by atoms with van der Waals surface area (Å²) < 4.78 is 1.90. The molecule has 0 saturated carbocycles. The van der Waals surface area contributed by atoms with Crippen LogP contribution in [0.15, 0.2) is 48.8 Å². The van der Waals surface area contributed by atoms with Crippen LogP contribution in [0.25, 0.3) is 16.9 Å². The van der Waals surface area contributed by atoms with E-state index in [-0.39, 0.29) is 5.91 Å². The minimum atomic E-state index is -0.0824. The number of nitrogen functional groups attached to an aromatic ring is 1. The molecule has 0 aliphatic carbocycles. The molecule has 0 aliphatic heterocycles. The topological polar surface area (TPSA) is 72.4 Å². The van der Waals surface area contributed by atoms with Crippen LogP contribution in [-0.4, -0.2) is 15.3 Å². The lowest BCUT2D eigenvalue weighted by Crippen LogP contribution is -2.05. The summed E-state index contributed by atoms with van der Waals surface area (Å²) in [6, 6.07) is 11.3. The summed E-state index contributed by atoms with van der Waals surface area (Å²) in [5.41, 5.74) is 9.92. The van der Waals surface area contributed by atoms with Crippen molar-refractivity contribution in [1.29, 1.82) is 0 Å². The highest BCUT2D eigenvalue weighted by molar-refractivity contribution is 5.88. The fraction of sp³-hybridized carbons (Fsp3) is 0.0667. The first-order valence-corrected chi connectivity index (χ1v) is 6.24. The third-order valence-corrected chi connectivity index (χ3v) is 2.97. The van der Waals surface area contributed by atoms with Gasteiger partial charge in [0.25, 0.3) is 0 Å². The van der Waals surface area contributed by atoms with Crippen LogP contribution in [0.1, 0.15) is 6.92 Å². The number of carbonyl (C=O) groups excluding carboxylic acids is 1. The Hall–Kier alpha value is -2.82. The molecule has 0 unspecified atom stereocenters. The van der Waals surface area contributed by atoms with Gasteiger partial charge in [-0.15, -0.1) is 0 Å². The van der Waals surface area contributed by atoms with Crippen molar-refractivity contribution in [2.75, 3.05) is 11.1 Å². The maximum Gasteiger partial charge on any atom is 0.221 e. The number of nitrogens with two attached hydrogens (primary N) is 1. The first-order chi connectivity index (χ1) is 9.61. The van der Waals surface area contributed by atoms with Crippen LogP contribution in [0.3, 0.4) is 0 Å². The van der Waals surface area contributed by atoms with Gasteiger partial charge in [0, 0.05) is 36.3 Å². The number of benzene rings is 1.